The molecule has 0 N–H and O–H groups in total. The van der Waals surface area contributed by atoms with Crippen molar-refractivity contribution >= 4 is 5.78 Å². The van der Waals surface area contributed by atoms with Crippen molar-refractivity contribution in [3.8, 4) is 0 Å². The molecule has 1 aliphatic rings. The van der Waals surface area contributed by atoms with Gasteiger partial charge in [-0.2, -0.15) is 5.10 Å². The second-order valence-electron chi connectivity index (χ2n) is 4.03. The van der Waals surface area contributed by atoms with Crippen LogP contribution in [-0.2, 0) is 11.8 Å². The molecule has 0 aromatic carbocycles. The number of ketones is 1. The molecule has 1 aromatic rings. The second kappa shape index (κ2) is 3.95. The number of hydrogen-bond acceptors (Lipinski definition) is 2. The largest absolute Gasteiger partial charge is 0.299 e. The van der Waals surface area contributed by atoms with E-state index in [4.69, 9.17) is 0 Å². The summed E-state index contributed by atoms with van der Waals surface area (Å²) in [5.41, 5.74) is 0.958. The van der Waals surface area contributed by atoms with Crippen LogP contribution in [0.4, 0.5) is 0 Å². The van der Waals surface area contributed by atoms with Gasteiger partial charge in [-0.3, -0.25) is 9.48 Å². The number of Topliss-reactive ketones (excluding diaryl/α,β-unsaturated/α-hetero) is 1. The highest BCUT2D eigenvalue weighted by molar-refractivity contribution is 5.85. The first-order valence-corrected chi connectivity index (χ1v) is 5.29. The highest BCUT2D eigenvalue weighted by Crippen LogP contribution is 2.27. The zero-order valence-corrected chi connectivity index (χ0v) is 8.57. The predicted molar refractivity (Wildman–Crippen MR) is 54.0 cm³/mol. The van der Waals surface area contributed by atoms with Gasteiger partial charge in [0.1, 0.15) is 5.78 Å². The van der Waals surface area contributed by atoms with E-state index in [0.717, 1.165) is 31.4 Å². The molecule has 76 valence electrons. The van der Waals surface area contributed by atoms with Crippen LogP contribution in [0.2, 0.25) is 0 Å². The standard InChI is InChI=1S/C11H16N2O/c1-13-8-7-10(12-13)9-5-3-2-4-6-11(9)14/h7-9H,2-6H2,1H3. The van der Waals surface area contributed by atoms with Crippen LogP contribution in [0, 0.1) is 0 Å². The van der Waals surface area contributed by atoms with Crippen molar-refractivity contribution in [1.29, 1.82) is 0 Å². The Bertz CT molecular complexity index is 330. The maximum Gasteiger partial charge on any atom is 0.141 e. The molecule has 2 rings (SSSR count). The van der Waals surface area contributed by atoms with Crippen molar-refractivity contribution in [2.75, 3.05) is 0 Å². The number of hydrogen-bond donors (Lipinski definition) is 0. The van der Waals surface area contributed by atoms with Crippen molar-refractivity contribution < 1.29 is 4.79 Å². The summed E-state index contributed by atoms with van der Waals surface area (Å²) in [7, 11) is 1.89. The average molecular weight is 192 g/mol. The monoisotopic (exact) mass is 192 g/mol. The molecule has 1 aromatic heterocycles. The van der Waals surface area contributed by atoms with Crippen molar-refractivity contribution in [3.05, 3.63) is 18.0 Å². The van der Waals surface area contributed by atoms with Gasteiger partial charge in [-0.1, -0.05) is 12.8 Å². The molecule has 1 aliphatic carbocycles. The third kappa shape index (κ3) is 1.86. The highest BCUT2D eigenvalue weighted by atomic mass is 16.1. The molecule has 1 heterocycles. The number of carbonyl (C=O) groups is 1. The lowest BCUT2D eigenvalue weighted by Gasteiger charge is -2.08. The van der Waals surface area contributed by atoms with Gasteiger partial charge in [-0.05, 0) is 18.9 Å². The van der Waals surface area contributed by atoms with E-state index in [0.29, 0.717) is 5.78 Å². The van der Waals surface area contributed by atoms with Gasteiger partial charge in [-0.25, -0.2) is 0 Å². The molecule has 0 spiro atoms. The predicted octanol–water partition coefficient (Wildman–Crippen LogP) is 2.04. The van der Waals surface area contributed by atoms with Gasteiger partial charge >= 0.3 is 0 Å². The number of carbonyl (C=O) groups excluding carboxylic acids is 1. The summed E-state index contributed by atoms with van der Waals surface area (Å²) in [5, 5.41) is 4.32. The lowest BCUT2D eigenvalue weighted by Crippen LogP contribution is -2.11. The van der Waals surface area contributed by atoms with Crippen LogP contribution >= 0.6 is 0 Å². The first-order valence-electron chi connectivity index (χ1n) is 5.29. The Labute approximate surface area is 84.1 Å². The average Bonchev–Trinajstić information content (AvgIpc) is 2.46. The Balaban J connectivity index is 2.18. The first-order chi connectivity index (χ1) is 6.77. The summed E-state index contributed by atoms with van der Waals surface area (Å²) in [6, 6.07) is 1.97. The fraction of sp³-hybridized carbons (Fsp3) is 0.636. The number of nitrogens with zero attached hydrogens (tertiary/aromatic N) is 2. The van der Waals surface area contributed by atoms with Crippen LogP contribution in [0.3, 0.4) is 0 Å². The van der Waals surface area contributed by atoms with Gasteiger partial charge in [0.2, 0.25) is 0 Å². The fourth-order valence-electron chi connectivity index (χ4n) is 2.09. The van der Waals surface area contributed by atoms with E-state index in [2.05, 4.69) is 5.10 Å². The molecule has 3 nitrogen and oxygen atoms in total. The zero-order chi connectivity index (χ0) is 9.97. The van der Waals surface area contributed by atoms with Gasteiger partial charge < -0.3 is 0 Å². The van der Waals surface area contributed by atoms with Crippen molar-refractivity contribution in [3.63, 3.8) is 0 Å². The number of aryl methyl sites for hydroxylation is 1. The van der Waals surface area contributed by atoms with E-state index in [-0.39, 0.29) is 5.92 Å². The van der Waals surface area contributed by atoms with E-state index in [1.54, 1.807) is 4.68 Å². The summed E-state index contributed by atoms with van der Waals surface area (Å²) in [6.07, 6.45) is 7.04. The van der Waals surface area contributed by atoms with E-state index < -0.39 is 0 Å². The fourth-order valence-corrected chi connectivity index (χ4v) is 2.09. The van der Waals surface area contributed by atoms with Crippen LogP contribution in [0.15, 0.2) is 12.3 Å². The Hall–Kier alpha value is -1.12. The van der Waals surface area contributed by atoms with Gasteiger partial charge in [-0.15, -0.1) is 0 Å². The Morgan fingerprint density at radius 1 is 1.43 bits per heavy atom. The quantitative estimate of drug-likeness (QED) is 0.638. The van der Waals surface area contributed by atoms with Crippen LogP contribution in [-0.4, -0.2) is 15.6 Å². The lowest BCUT2D eigenvalue weighted by molar-refractivity contribution is -0.120. The Morgan fingerprint density at radius 3 is 3.00 bits per heavy atom. The minimum atomic E-state index is 0.0682. The third-order valence-corrected chi connectivity index (χ3v) is 2.90. The lowest BCUT2D eigenvalue weighted by atomic mass is 9.96. The van der Waals surface area contributed by atoms with Crippen LogP contribution < -0.4 is 0 Å². The summed E-state index contributed by atoms with van der Waals surface area (Å²) in [5.74, 6) is 0.444. The Morgan fingerprint density at radius 2 is 2.29 bits per heavy atom. The highest BCUT2D eigenvalue weighted by Gasteiger charge is 2.23. The van der Waals surface area contributed by atoms with Crippen LogP contribution in [0.25, 0.3) is 0 Å². The second-order valence-corrected chi connectivity index (χ2v) is 4.03. The zero-order valence-electron chi connectivity index (χ0n) is 8.57. The van der Waals surface area contributed by atoms with Gasteiger partial charge in [0.05, 0.1) is 11.6 Å². The molecule has 1 fully saturated rings. The SMILES string of the molecule is Cn1ccc(C2CCCCCC2=O)n1. The molecule has 0 amide bonds. The Kier molecular flexibility index (Phi) is 2.66. The molecule has 0 saturated heterocycles. The molecule has 1 saturated carbocycles. The van der Waals surface area contributed by atoms with E-state index in [1.165, 1.54) is 6.42 Å². The molecule has 1 atom stereocenters. The summed E-state index contributed by atoms with van der Waals surface area (Å²) in [6.45, 7) is 0. The van der Waals surface area contributed by atoms with Crippen molar-refractivity contribution in [2.24, 2.45) is 7.05 Å². The van der Waals surface area contributed by atoms with E-state index in [1.807, 2.05) is 19.3 Å². The van der Waals surface area contributed by atoms with E-state index >= 15 is 0 Å². The maximum absolute atomic E-state index is 11.8. The minimum Gasteiger partial charge on any atom is -0.299 e. The van der Waals surface area contributed by atoms with Gasteiger partial charge in [0, 0.05) is 19.7 Å². The number of aromatic nitrogens is 2. The van der Waals surface area contributed by atoms with Gasteiger partial charge in [0.15, 0.2) is 0 Å². The first kappa shape index (κ1) is 9.44. The van der Waals surface area contributed by atoms with Crippen molar-refractivity contribution in [2.45, 2.75) is 38.0 Å². The molecule has 0 aliphatic heterocycles. The summed E-state index contributed by atoms with van der Waals surface area (Å²) in [4.78, 5) is 11.8. The smallest absolute Gasteiger partial charge is 0.141 e. The van der Waals surface area contributed by atoms with Crippen molar-refractivity contribution in [1.82, 2.24) is 9.78 Å². The minimum absolute atomic E-state index is 0.0682. The molecule has 14 heavy (non-hydrogen) atoms. The van der Waals surface area contributed by atoms with Gasteiger partial charge in [0.25, 0.3) is 0 Å². The molecule has 3 heteroatoms. The number of rotatable bonds is 1. The topological polar surface area (TPSA) is 34.9 Å². The molecule has 0 radical (unpaired) electrons. The molecular weight excluding hydrogens is 176 g/mol. The molecule has 0 bridgehead atoms. The van der Waals surface area contributed by atoms with E-state index in [9.17, 15) is 4.79 Å². The maximum atomic E-state index is 11.8. The third-order valence-electron chi connectivity index (χ3n) is 2.90. The summed E-state index contributed by atoms with van der Waals surface area (Å²) < 4.78 is 1.77. The molecular formula is C11H16N2O. The normalized spacial score (nSPS) is 23.5. The van der Waals surface area contributed by atoms with Crippen LogP contribution in [0.1, 0.15) is 43.7 Å². The van der Waals surface area contributed by atoms with Crippen LogP contribution in [0.5, 0.6) is 0 Å². The summed E-state index contributed by atoms with van der Waals surface area (Å²) >= 11 is 0. The molecule has 1 unspecified atom stereocenters.